The molecule has 0 heterocycles. The predicted octanol–water partition coefficient (Wildman–Crippen LogP) is 2.33. The first-order chi connectivity index (χ1) is 5.36. The molecule has 0 saturated heterocycles. The summed E-state index contributed by atoms with van der Waals surface area (Å²) in [5.74, 6) is 2.96. The third-order valence-corrected chi connectivity index (χ3v) is 3.68. The van der Waals surface area contributed by atoms with Crippen molar-refractivity contribution < 1.29 is 0 Å². The lowest BCUT2D eigenvalue weighted by Crippen LogP contribution is -2.22. The zero-order chi connectivity index (χ0) is 8.10. The minimum absolute atomic E-state index is 0.816. The Balaban J connectivity index is 2.14. The molecule has 0 aromatic carbocycles. The minimum atomic E-state index is 0.816. The van der Waals surface area contributed by atoms with Gasteiger partial charge in [0.05, 0.1) is 0 Å². The Labute approximate surface area is 78.3 Å². The Hall–Kier alpha value is 0.660. The van der Waals surface area contributed by atoms with Gasteiger partial charge in [0, 0.05) is 5.75 Å². The summed E-state index contributed by atoms with van der Waals surface area (Å²) in [5.41, 5.74) is 5.60. The van der Waals surface area contributed by atoms with Crippen LogP contribution in [0.2, 0.25) is 0 Å². The fourth-order valence-corrected chi connectivity index (χ4v) is 2.92. The maximum Gasteiger partial charge on any atom is 0.00628 e. The molecule has 1 rings (SSSR count). The second-order valence-corrected chi connectivity index (χ2v) is 4.78. The van der Waals surface area contributed by atoms with Crippen LogP contribution in [0.15, 0.2) is 0 Å². The van der Waals surface area contributed by atoms with Gasteiger partial charge in [0.25, 0.3) is 0 Å². The van der Waals surface area contributed by atoms with Gasteiger partial charge in [0.15, 0.2) is 0 Å². The van der Waals surface area contributed by atoms with Crippen LogP contribution in [-0.4, -0.2) is 12.3 Å². The van der Waals surface area contributed by atoms with E-state index in [-0.39, 0.29) is 0 Å². The van der Waals surface area contributed by atoms with Crippen molar-refractivity contribution in [1.82, 2.24) is 0 Å². The second kappa shape index (κ2) is 5.33. The summed E-state index contributed by atoms with van der Waals surface area (Å²) < 4.78 is 0. The first kappa shape index (κ1) is 9.75. The predicted molar refractivity (Wildman–Crippen MR) is 55.9 cm³/mol. The van der Waals surface area contributed by atoms with Crippen molar-refractivity contribution in [2.75, 3.05) is 12.3 Å². The lowest BCUT2D eigenvalue weighted by atomic mass is 9.83. The van der Waals surface area contributed by atoms with E-state index in [0.717, 1.165) is 18.4 Å². The molecule has 11 heavy (non-hydrogen) atoms. The van der Waals surface area contributed by atoms with Crippen molar-refractivity contribution in [1.29, 1.82) is 0 Å². The van der Waals surface area contributed by atoms with Crippen molar-refractivity contribution in [2.24, 2.45) is 17.6 Å². The molecule has 1 saturated carbocycles. The standard InChI is InChI=1S/C8H17NS2/c9-5-7-1-3-8(4-2-7)6-11-10/h7-8,10H,1-6,9H2/t7-,8-. The van der Waals surface area contributed by atoms with E-state index >= 15 is 0 Å². The van der Waals surface area contributed by atoms with E-state index in [4.69, 9.17) is 5.73 Å². The van der Waals surface area contributed by atoms with Crippen LogP contribution in [0.25, 0.3) is 0 Å². The molecule has 1 nitrogen and oxygen atoms in total. The average Bonchev–Trinajstić information content (AvgIpc) is 2.07. The number of hydrogen-bond donors (Lipinski definition) is 2. The smallest absolute Gasteiger partial charge is 0.00628 e. The maximum absolute atomic E-state index is 5.60. The molecule has 3 heteroatoms. The average molecular weight is 191 g/mol. The van der Waals surface area contributed by atoms with Gasteiger partial charge in [-0.05, 0) is 44.1 Å². The molecule has 0 bridgehead atoms. The zero-order valence-electron chi connectivity index (χ0n) is 6.83. The molecule has 0 unspecified atom stereocenters. The molecule has 2 N–H and O–H groups in total. The van der Waals surface area contributed by atoms with E-state index in [9.17, 15) is 0 Å². The molecule has 0 spiro atoms. The third kappa shape index (κ3) is 3.26. The highest BCUT2D eigenvalue weighted by molar-refractivity contribution is 8.68. The van der Waals surface area contributed by atoms with Gasteiger partial charge >= 0.3 is 0 Å². The lowest BCUT2D eigenvalue weighted by molar-refractivity contribution is 0.299. The number of nitrogens with two attached hydrogens (primary N) is 1. The van der Waals surface area contributed by atoms with E-state index in [1.54, 1.807) is 10.8 Å². The Morgan fingerprint density at radius 1 is 1.18 bits per heavy atom. The van der Waals surface area contributed by atoms with Gasteiger partial charge < -0.3 is 5.73 Å². The second-order valence-electron chi connectivity index (χ2n) is 3.42. The highest BCUT2D eigenvalue weighted by Gasteiger charge is 2.19. The van der Waals surface area contributed by atoms with Crippen molar-refractivity contribution in [2.45, 2.75) is 25.7 Å². The summed E-state index contributed by atoms with van der Waals surface area (Å²) >= 11 is 4.17. The molecule has 1 aliphatic carbocycles. The topological polar surface area (TPSA) is 26.0 Å². The molecule has 66 valence electrons. The lowest BCUT2D eigenvalue weighted by Gasteiger charge is -2.26. The summed E-state index contributed by atoms with van der Waals surface area (Å²) in [4.78, 5) is 0. The third-order valence-electron chi connectivity index (χ3n) is 2.61. The first-order valence-electron chi connectivity index (χ1n) is 4.33. The zero-order valence-corrected chi connectivity index (χ0v) is 8.54. The molecular formula is C8H17NS2. The maximum atomic E-state index is 5.60. The highest BCUT2D eigenvalue weighted by atomic mass is 33.1. The summed E-state index contributed by atoms with van der Waals surface area (Å²) in [6, 6.07) is 0. The molecule has 0 aliphatic heterocycles. The van der Waals surface area contributed by atoms with Crippen LogP contribution in [-0.2, 0) is 0 Å². The summed E-state index contributed by atoms with van der Waals surface area (Å²) in [6.45, 7) is 0.890. The Morgan fingerprint density at radius 3 is 2.18 bits per heavy atom. The summed E-state index contributed by atoms with van der Waals surface area (Å²) in [5, 5.41) is 0. The molecular weight excluding hydrogens is 174 g/mol. The fourth-order valence-electron chi connectivity index (χ4n) is 1.74. The van der Waals surface area contributed by atoms with Crippen LogP contribution >= 0.6 is 22.5 Å². The Morgan fingerprint density at radius 2 is 1.73 bits per heavy atom. The van der Waals surface area contributed by atoms with Crippen molar-refractivity contribution in [3.63, 3.8) is 0 Å². The normalized spacial score (nSPS) is 32.2. The van der Waals surface area contributed by atoms with Crippen molar-refractivity contribution >= 4 is 22.5 Å². The minimum Gasteiger partial charge on any atom is -0.330 e. The molecule has 0 atom stereocenters. The van der Waals surface area contributed by atoms with Crippen LogP contribution in [0.4, 0.5) is 0 Å². The fraction of sp³-hybridized carbons (Fsp3) is 1.00. The highest BCUT2D eigenvalue weighted by Crippen LogP contribution is 2.30. The van der Waals surface area contributed by atoms with Crippen LogP contribution < -0.4 is 5.73 Å². The quantitative estimate of drug-likeness (QED) is 0.529. The van der Waals surface area contributed by atoms with Crippen LogP contribution in [0.5, 0.6) is 0 Å². The van der Waals surface area contributed by atoms with Gasteiger partial charge in [-0.1, -0.05) is 10.8 Å². The largest absolute Gasteiger partial charge is 0.330 e. The van der Waals surface area contributed by atoms with E-state index in [1.807, 2.05) is 0 Å². The van der Waals surface area contributed by atoms with Crippen LogP contribution in [0.1, 0.15) is 25.7 Å². The van der Waals surface area contributed by atoms with Crippen LogP contribution in [0, 0.1) is 11.8 Å². The van der Waals surface area contributed by atoms with Gasteiger partial charge in [0.2, 0.25) is 0 Å². The van der Waals surface area contributed by atoms with Gasteiger partial charge in [-0.3, -0.25) is 0 Å². The van der Waals surface area contributed by atoms with Crippen molar-refractivity contribution in [3.8, 4) is 0 Å². The number of rotatable bonds is 3. The van der Waals surface area contributed by atoms with E-state index in [0.29, 0.717) is 0 Å². The molecule has 0 amide bonds. The van der Waals surface area contributed by atoms with Gasteiger partial charge in [-0.25, -0.2) is 0 Å². The van der Waals surface area contributed by atoms with Crippen LogP contribution in [0.3, 0.4) is 0 Å². The molecule has 0 radical (unpaired) electrons. The molecule has 1 fully saturated rings. The molecule has 0 aromatic rings. The molecule has 1 aliphatic rings. The van der Waals surface area contributed by atoms with Gasteiger partial charge in [0.1, 0.15) is 0 Å². The number of hydrogen-bond acceptors (Lipinski definition) is 3. The monoisotopic (exact) mass is 191 g/mol. The van der Waals surface area contributed by atoms with Gasteiger partial charge in [-0.15, -0.1) is 11.7 Å². The first-order valence-corrected chi connectivity index (χ1v) is 6.37. The van der Waals surface area contributed by atoms with Gasteiger partial charge in [-0.2, -0.15) is 0 Å². The Bertz CT molecular complexity index is 100. The number of thiol groups is 1. The summed E-state index contributed by atoms with van der Waals surface area (Å²) in [6.07, 6.45) is 5.43. The molecule has 0 aromatic heterocycles. The Kier molecular flexibility index (Phi) is 4.72. The van der Waals surface area contributed by atoms with E-state index in [1.165, 1.54) is 31.4 Å². The summed E-state index contributed by atoms with van der Waals surface area (Å²) in [7, 11) is 1.68. The van der Waals surface area contributed by atoms with E-state index < -0.39 is 0 Å². The SMILES string of the molecule is NC[C@H]1CC[C@H](CSS)CC1. The van der Waals surface area contributed by atoms with Crippen molar-refractivity contribution in [3.05, 3.63) is 0 Å². The van der Waals surface area contributed by atoms with E-state index in [2.05, 4.69) is 11.7 Å².